The van der Waals surface area contributed by atoms with E-state index in [9.17, 15) is 18.0 Å². The largest absolute Gasteiger partial charge is 0.468 e. The third-order valence-electron chi connectivity index (χ3n) is 2.16. The van der Waals surface area contributed by atoms with E-state index in [1.165, 1.54) is 19.2 Å². The molecule has 1 rings (SSSR count). The molecule has 100 valence electrons. The molecule has 7 heteroatoms. The van der Waals surface area contributed by atoms with Crippen LogP contribution in [0.4, 0.5) is 13.2 Å². The molecule has 0 unspecified atom stereocenters. The van der Waals surface area contributed by atoms with Crippen LogP contribution in [0.3, 0.4) is 0 Å². The maximum Gasteiger partial charge on any atom is 0.417 e. The fraction of sp³-hybridized carbons (Fsp3) is 0.364. The summed E-state index contributed by atoms with van der Waals surface area (Å²) < 4.78 is 42.8. The van der Waals surface area contributed by atoms with Gasteiger partial charge in [-0.05, 0) is 17.7 Å². The van der Waals surface area contributed by atoms with Gasteiger partial charge in [-0.15, -0.1) is 11.8 Å². The van der Waals surface area contributed by atoms with Gasteiger partial charge in [-0.3, -0.25) is 4.79 Å². The average molecular weight is 279 g/mol. The van der Waals surface area contributed by atoms with Gasteiger partial charge >= 0.3 is 12.1 Å². The number of nitrogens with two attached hydrogens (primary N) is 1. The molecule has 0 bridgehead atoms. The molecule has 2 N–H and O–H groups in total. The number of hydrogen-bond donors (Lipinski definition) is 1. The van der Waals surface area contributed by atoms with Crippen LogP contribution in [0.1, 0.15) is 11.1 Å². The molecule has 0 aliphatic carbocycles. The average Bonchev–Trinajstić information content (AvgIpc) is 2.34. The van der Waals surface area contributed by atoms with Gasteiger partial charge in [0, 0.05) is 11.4 Å². The third kappa shape index (κ3) is 3.92. The SMILES string of the molecule is COC(=O)CSc1ccc(CN)cc1C(F)(F)F. The summed E-state index contributed by atoms with van der Waals surface area (Å²) in [7, 11) is 1.19. The summed E-state index contributed by atoms with van der Waals surface area (Å²) in [5.74, 6) is -0.738. The van der Waals surface area contributed by atoms with Crippen LogP contribution in [0.2, 0.25) is 0 Å². The minimum Gasteiger partial charge on any atom is -0.468 e. The highest BCUT2D eigenvalue weighted by Gasteiger charge is 2.33. The molecule has 1 aromatic rings. The number of hydrogen-bond acceptors (Lipinski definition) is 4. The molecule has 1 aromatic carbocycles. The number of halogens is 3. The van der Waals surface area contributed by atoms with Crippen molar-refractivity contribution in [2.45, 2.75) is 17.6 Å². The number of thioether (sulfide) groups is 1. The zero-order valence-electron chi connectivity index (χ0n) is 9.58. The first-order chi connectivity index (χ1) is 8.38. The number of alkyl halides is 3. The van der Waals surface area contributed by atoms with Crippen LogP contribution in [-0.4, -0.2) is 18.8 Å². The van der Waals surface area contributed by atoms with Crippen molar-refractivity contribution in [2.75, 3.05) is 12.9 Å². The molecule has 0 aliphatic heterocycles. The quantitative estimate of drug-likeness (QED) is 0.679. The van der Waals surface area contributed by atoms with Crippen LogP contribution in [0, 0.1) is 0 Å². The van der Waals surface area contributed by atoms with Gasteiger partial charge < -0.3 is 10.5 Å². The highest BCUT2D eigenvalue weighted by molar-refractivity contribution is 8.00. The lowest BCUT2D eigenvalue weighted by atomic mass is 10.1. The molecule has 0 atom stereocenters. The van der Waals surface area contributed by atoms with Gasteiger partial charge in [0.25, 0.3) is 0 Å². The van der Waals surface area contributed by atoms with Crippen molar-refractivity contribution < 1.29 is 22.7 Å². The molecular weight excluding hydrogens is 267 g/mol. The summed E-state index contributed by atoms with van der Waals surface area (Å²) in [4.78, 5) is 10.9. The first-order valence-electron chi connectivity index (χ1n) is 4.98. The van der Waals surface area contributed by atoms with Gasteiger partial charge in [-0.25, -0.2) is 0 Å². The van der Waals surface area contributed by atoms with Crippen LogP contribution in [-0.2, 0) is 22.3 Å². The molecule has 0 aromatic heterocycles. The Kier molecular flexibility index (Phi) is 5.03. The molecule has 0 heterocycles. The Morgan fingerprint density at radius 2 is 2.11 bits per heavy atom. The van der Waals surface area contributed by atoms with Crippen LogP contribution >= 0.6 is 11.8 Å². The van der Waals surface area contributed by atoms with Crippen LogP contribution < -0.4 is 5.73 Å². The lowest BCUT2D eigenvalue weighted by Gasteiger charge is -2.13. The van der Waals surface area contributed by atoms with Gasteiger partial charge in [0.1, 0.15) is 0 Å². The molecule has 0 amide bonds. The van der Waals surface area contributed by atoms with E-state index < -0.39 is 17.7 Å². The molecular formula is C11H12F3NO2S. The predicted molar refractivity (Wildman–Crippen MR) is 62.1 cm³/mol. The first-order valence-corrected chi connectivity index (χ1v) is 5.97. The highest BCUT2D eigenvalue weighted by Crippen LogP contribution is 2.37. The number of esters is 1. The Morgan fingerprint density at radius 3 is 2.61 bits per heavy atom. The topological polar surface area (TPSA) is 52.3 Å². The molecule has 0 saturated heterocycles. The maximum atomic E-state index is 12.8. The van der Waals surface area contributed by atoms with Crippen molar-refractivity contribution in [1.29, 1.82) is 0 Å². The Hall–Kier alpha value is -1.21. The molecule has 0 saturated carbocycles. The van der Waals surface area contributed by atoms with Crippen molar-refractivity contribution in [3.8, 4) is 0 Å². The smallest absolute Gasteiger partial charge is 0.417 e. The van der Waals surface area contributed by atoms with Gasteiger partial charge in [0.15, 0.2) is 0 Å². The van der Waals surface area contributed by atoms with E-state index in [-0.39, 0.29) is 17.2 Å². The van der Waals surface area contributed by atoms with E-state index in [1.807, 2.05) is 0 Å². The van der Waals surface area contributed by atoms with E-state index in [2.05, 4.69) is 4.74 Å². The second-order valence-electron chi connectivity index (χ2n) is 3.40. The second kappa shape index (κ2) is 6.10. The number of ether oxygens (including phenoxy) is 1. The zero-order chi connectivity index (χ0) is 13.8. The fourth-order valence-corrected chi connectivity index (χ4v) is 2.13. The van der Waals surface area contributed by atoms with Gasteiger partial charge in [0.2, 0.25) is 0 Å². The second-order valence-corrected chi connectivity index (χ2v) is 4.41. The Labute approximate surface area is 106 Å². The zero-order valence-corrected chi connectivity index (χ0v) is 10.4. The summed E-state index contributed by atoms with van der Waals surface area (Å²) in [5, 5.41) is 0. The van der Waals surface area contributed by atoms with E-state index >= 15 is 0 Å². The summed E-state index contributed by atoms with van der Waals surface area (Å²) in [6, 6.07) is 3.83. The lowest BCUT2D eigenvalue weighted by Crippen LogP contribution is -2.10. The summed E-state index contributed by atoms with van der Waals surface area (Å²) >= 11 is 0.790. The van der Waals surface area contributed by atoms with E-state index in [0.717, 1.165) is 17.8 Å². The molecule has 0 radical (unpaired) electrons. The molecule has 18 heavy (non-hydrogen) atoms. The predicted octanol–water partition coefficient (Wildman–Crippen LogP) is 2.43. The lowest BCUT2D eigenvalue weighted by molar-refractivity contribution is -0.140. The summed E-state index contributed by atoms with van der Waals surface area (Å²) in [6.45, 7) is 0.0328. The normalized spacial score (nSPS) is 11.4. The Morgan fingerprint density at radius 1 is 1.44 bits per heavy atom. The number of carbonyl (C=O) groups excluding carboxylic acids is 1. The van der Waals surface area contributed by atoms with Crippen molar-refractivity contribution in [1.82, 2.24) is 0 Å². The van der Waals surface area contributed by atoms with Gasteiger partial charge in [-0.2, -0.15) is 13.2 Å². The molecule has 3 nitrogen and oxygen atoms in total. The molecule has 0 fully saturated rings. The number of benzene rings is 1. The summed E-state index contributed by atoms with van der Waals surface area (Å²) in [6.07, 6.45) is -4.47. The molecule has 0 aliphatic rings. The van der Waals surface area contributed by atoms with Crippen LogP contribution in [0.25, 0.3) is 0 Å². The van der Waals surface area contributed by atoms with Crippen molar-refractivity contribution in [3.63, 3.8) is 0 Å². The van der Waals surface area contributed by atoms with Crippen LogP contribution in [0.15, 0.2) is 23.1 Å². The Bertz CT molecular complexity index is 435. The van der Waals surface area contributed by atoms with Gasteiger partial charge in [-0.1, -0.05) is 6.07 Å². The number of methoxy groups -OCH3 is 1. The minimum absolute atomic E-state index is 0.00917. The summed E-state index contributed by atoms with van der Waals surface area (Å²) in [5.41, 5.74) is 4.92. The van der Waals surface area contributed by atoms with E-state index in [4.69, 9.17) is 5.73 Å². The van der Waals surface area contributed by atoms with E-state index in [0.29, 0.717) is 5.56 Å². The van der Waals surface area contributed by atoms with Crippen molar-refractivity contribution in [3.05, 3.63) is 29.3 Å². The minimum atomic E-state index is -4.47. The van der Waals surface area contributed by atoms with Crippen molar-refractivity contribution >= 4 is 17.7 Å². The number of carbonyl (C=O) groups is 1. The van der Waals surface area contributed by atoms with Crippen molar-refractivity contribution in [2.24, 2.45) is 5.73 Å². The molecule has 0 spiro atoms. The fourth-order valence-electron chi connectivity index (χ4n) is 1.25. The van der Waals surface area contributed by atoms with Gasteiger partial charge in [0.05, 0.1) is 18.4 Å². The Balaban J connectivity index is 2.99. The van der Waals surface area contributed by atoms with E-state index in [1.54, 1.807) is 0 Å². The third-order valence-corrected chi connectivity index (χ3v) is 3.21. The maximum absolute atomic E-state index is 12.8. The number of rotatable bonds is 4. The highest BCUT2D eigenvalue weighted by atomic mass is 32.2. The first kappa shape index (κ1) is 14.8. The standard InChI is InChI=1S/C11H12F3NO2S/c1-17-10(16)6-18-9-3-2-7(5-15)4-8(9)11(12,13)14/h2-4H,5-6,15H2,1H3. The van der Waals surface area contributed by atoms with Crippen LogP contribution in [0.5, 0.6) is 0 Å². The monoisotopic (exact) mass is 279 g/mol.